The summed E-state index contributed by atoms with van der Waals surface area (Å²) in [6.45, 7) is 4.75. The molecule has 1 aromatic rings. The van der Waals surface area contributed by atoms with Gasteiger partial charge in [-0.05, 0) is 37.5 Å². The fourth-order valence-corrected chi connectivity index (χ4v) is 3.92. The molecule has 0 bridgehead atoms. The Morgan fingerprint density at radius 2 is 1.81 bits per heavy atom. The number of halogens is 2. The molecule has 0 aromatic heterocycles. The SMILES string of the molecule is CC1CN(Cc2cc(F)cc(F)c2)C2(CCCCC2)CN1. The highest BCUT2D eigenvalue weighted by atomic mass is 19.1. The zero-order valence-corrected chi connectivity index (χ0v) is 12.7. The van der Waals surface area contributed by atoms with Crippen LogP contribution in [-0.4, -0.2) is 29.6 Å². The second kappa shape index (κ2) is 6.01. The van der Waals surface area contributed by atoms with Gasteiger partial charge in [0.1, 0.15) is 11.6 Å². The zero-order chi connectivity index (χ0) is 14.9. The molecule has 2 aliphatic rings. The number of nitrogens with zero attached hydrogens (tertiary/aromatic N) is 1. The van der Waals surface area contributed by atoms with Gasteiger partial charge in [0.15, 0.2) is 0 Å². The Kier molecular flexibility index (Phi) is 4.27. The fourth-order valence-electron chi connectivity index (χ4n) is 3.92. The highest BCUT2D eigenvalue weighted by Gasteiger charge is 2.41. The van der Waals surface area contributed by atoms with Gasteiger partial charge in [0.25, 0.3) is 0 Å². The van der Waals surface area contributed by atoms with Gasteiger partial charge >= 0.3 is 0 Å². The fraction of sp³-hybridized carbons (Fsp3) is 0.647. The maximum Gasteiger partial charge on any atom is 0.126 e. The number of hydrogen-bond donors (Lipinski definition) is 1. The second-order valence-electron chi connectivity index (χ2n) is 6.73. The first-order valence-corrected chi connectivity index (χ1v) is 8.01. The van der Waals surface area contributed by atoms with Crippen molar-refractivity contribution in [2.24, 2.45) is 0 Å². The quantitative estimate of drug-likeness (QED) is 0.898. The summed E-state index contributed by atoms with van der Waals surface area (Å²) in [4.78, 5) is 2.46. The van der Waals surface area contributed by atoms with Gasteiger partial charge in [0.05, 0.1) is 0 Å². The topological polar surface area (TPSA) is 15.3 Å². The summed E-state index contributed by atoms with van der Waals surface area (Å²) < 4.78 is 26.8. The van der Waals surface area contributed by atoms with Gasteiger partial charge in [0.2, 0.25) is 0 Å². The number of hydrogen-bond acceptors (Lipinski definition) is 2. The van der Waals surface area contributed by atoms with E-state index < -0.39 is 11.6 Å². The molecule has 0 amide bonds. The summed E-state index contributed by atoms with van der Waals surface area (Å²) in [7, 11) is 0. The Morgan fingerprint density at radius 3 is 2.48 bits per heavy atom. The van der Waals surface area contributed by atoms with E-state index in [2.05, 4.69) is 17.1 Å². The van der Waals surface area contributed by atoms with E-state index >= 15 is 0 Å². The monoisotopic (exact) mass is 294 g/mol. The molecule has 21 heavy (non-hydrogen) atoms. The largest absolute Gasteiger partial charge is 0.311 e. The summed E-state index contributed by atoms with van der Waals surface area (Å²) >= 11 is 0. The molecule has 1 atom stereocenters. The number of piperazine rings is 1. The summed E-state index contributed by atoms with van der Waals surface area (Å²) in [5, 5.41) is 3.59. The van der Waals surface area contributed by atoms with Gasteiger partial charge in [-0.1, -0.05) is 19.3 Å². The van der Waals surface area contributed by atoms with Crippen molar-refractivity contribution < 1.29 is 8.78 Å². The Morgan fingerprint density at radius 1 is 1.14 bits per heavy atom. The molecule has 1 aliphatic carbocycles. The lowest BCUT2D eigenvalue weighted by atomic mass is 9.78. The average molecular weight is 294 g/mol. The van der Waals surface area contributed by atoms with E-state index in [-0.39, 0.29) is 5.54 Å². The van der Waals surface area contributed by atoms with Gasteiger partial charge in [-0.25, -0.2) is 8.78 Å². The second-order valence-corrected chi connectivity index (χ2v) is 6.73. The van der Waals surface area contributed by atoms with Crippen molar-refractivity contribution in [2.75, 3.05) is 13.1 Å². The molecule has 1 saturated carbocycles. The number of nitrogens with one attached hydrogen (secondary N) is 1. The Bertz CT molecular complexity index is 477. The lowest BCUT2D eigenvalue weighted by Crippen LogP contribution is -2.64. The van der Waals surface area contributed by atoms with Crippen LogP contribution < -0.4 is 5.32 Å². The normalized spacial score (nSPS) is 26.1. The maximum atomic E-state index is 13.4. The van der Waals surface area contributed by atoms with Crippen molar-refractivity contribution in [3.8, 4) is 0 Å². The van der Waals surface area contributed by atoms with Crippen LogP contribution in [0.2, 0.25) is 0 Å². The van der Waals surface area contributed by atoms with Crippen molar-refractivity contribution >= 4 is 0 Å². The predicted octanol–water partition coefficient (Wildman–Crippen LogP) is 3.46. The minimum absolute atomic E-state index is 0.174. The average Bonchev–Trinajstić information content (AvgIpc) is 2.43. The van der Waals surface area contributed by atoms with Gasteiger partial charge in [-0.3, -0.25) is 4.90 Å². The predicted molar refractivity (Wildman–Crippen MR) is 80.0 cm³/mol. The summed E-state index contributed by atoms with van der Waals surface area (Å²) in [5.74, 6) is -0.961. The van der Waals surface area contributed by atoms with Crippen molar-refractivity contribution in [3.63, 3.8) is 0 Å². The lowest BCUT2D eigenvalue weighted by molar-refractivity contribution is 0.00606. The van der Waals surface area contributed by atoms with Crippen molar-refractivity contribution in [1.82, 2.24) is 10.2 Å². The first-order chi connectivity index (χ1) is 10.1. The summed E-state index contributed by atoms with van der Waals surface area (Å²) in [5.41, 5.74) is 0.916. The van der Waals surface area contributed by atoms with E-state index in [0.29, 0.717) is 12.6 Å². The number of benzene rings is 1. The van der Waals surface area contributed by atoms with E-state index in [0.717, 1.165) is 24.7 Å². The van der Waals surface area contributed by atoms with Gasteiger partial charge in [0, 0.05) is 37.3 Å². The molecular weight excluding hydrogens is 270 g/mol. The van der Waals surface area contributed by atoms with Crippen molar-refractivity contribution in [3.05, 3.63) is 35.4 Å². The molecule has 116 valence electrons. The van der Waals surface area contributed by atoms with Crippen molar-refractivity contribution in [2.45, 2.75) is 57.2 Å². The smallest absolute Gasteiger partial charge is 0.126 e. The standard InChI is InChI=1S/C17H24F2N2/c1-13-10-21(11-14-7-15(18)9-16(19)8-14)17(12-20-13)5-3-2-4-6-17/h7-9,13,20H,2-6,10-12H2,1H3. The third kappa shape index (κ3) is 3.27. The Balaban J connectivity index is 1.82. The molecule has 1 unspecified atom stereocenters. The summed E-state index contributed by atoms with van der Waals surface area (Å²) in [6.07, 6.45) is 6.18. The van der Waals surface area contributed by atoms with Crippen LogP contribution in [-0.2, 0) is 6.54 Å². The van der Waals surface area contributed by atoms with E-state index in [1.54, 1.807) is 0 Å². The minimum atomic E-state index is -0.481. The zero-order valence-electron chi connectivity index (χ0n) is 12.7. The van der Waals surface area contributed by atoms with Crippen LogP contribution >= 0.6 is 0 Å². The summed E-state index contributed by atoms with van der Waals surface area (Å²) in [6, 6.07) is 4.30. The molecule has 0 radical (unpaired) electrons. The van der Waals surface area contributed by atoms with Crippen molar-refractivity contribution in [1.29, 1.82) is 0 Å². The van der Waals surface area contributed by atoms with Gasteiger partial charge in [-0.15, -0.1) is 0 Å². The van der Waals surface area contributed by atoms with Crippen LogP contribution in [0.4, 0.5) is 8.78 Å². The molecule has 1 spiro atoms. The van der Waals surface area contributed by atoms with Crippen LogP contribution in [0.25, 0.3) is 0 Å². The van der Waals surface area contributed by atoms with Crippen LogP contribution in [0.15, 0.2) is 18.2 Å². The van der Waals surface area contributed by atoms with Gasteiger partial charge in [-0.2, -0.15) is 0 Å². The molecule has 2 fully saturated rings. The highest BCUT2D eigenvalue weighted by Crippen LogP contribution is 2.36. The highest BCUT2D eigenvalue weighted by molar-refractivity contribution is 5.19. The van der Waals surface area contributed by atoms with Crippen LogP contribution in [0.1, 0.15) is 44.6 Å². The molecule has 3 rings (SSSR count). The lowest BCUT2D eigenvalue weighted by Gasteiger charge is -2.51. The first-order valence-electron chi connectivity index (χ1n) is 8.01. The third-order valence-electron chi connectivity index (χ3n) is 5.02. The molecule has 1 N–H and O–H groups in total. The van der Waals surface area contributed by atoms with E-state index in [1.807, 2.05) is 0 Å². The first kappa shape index (κ1) is 14.9. The van der Waals surface area contributed by atoms with Crippen LogP contribution in [0.3, 0.4) is 0 Å². The minimum Gasteiger partial charge on any atom is -0.311 e. The Labute approximate surface area is 125 Å². The number of rotatable bonds is 2. The maximum absolute atomic E-state index is 13.4. The molecule has 1 saturated heterocycles. The Hall–Kier alpha value is -1.00. The van der Waals surface area contributed by atoms with E-state index in [4.69, 9.17) is 0 Å². The van der Waals surface area contributed by atoms with Crippen LogP contribution in [0.5, 0.6) is 0 Å². The molecule has 1 aliphatic heterocycles. The molecule has 1 heterocycles. The van der Waals surface area contributed by atoms with E-state index in [1.165, 1.54) is 44.2 Å². The molecule has 1 aromatic carbocycles. The van der Waals surface area contributed by atoms with E-state index in [9.17, 15) is 8.78 Å². The molecule has 4 heteroatoms. The molecular formula is C17H24F2N2. The van der Waals surface area contributed by atoms with Gasteiger partial charge < -0.3 is 5.32 Å². The third-order valence-corrected chi connectivity index (χ3v) is 5.02. The van der Waals surface area contributed by atoms with Crippen LogP contribution in [0, 0.1) is 11.6 Å². The molecule has 2 nitrogen and oxygen atoms in total.